The van der Waals surface area contributed by atoms with Crippen molar-refractivity contribution in [2.45, 2.75) is 59.8 Å². The number of rotatable bonds is 11. The number of nitrogens with one attached hydrogen (secondary N) is 1. The van der Waals surface area contributed by atoms with Gasteiger partial charge < -0.3 is 15.3 Å². The van der Waals surface area contributed by atoms with Crippen molar-refractivity contribution in [3.8, 4) is 0 Å². The third-order valence-corrected chi connectivity index (χ3v) is 3.05. The molecular formula is C16H32N2O3. The van der Waals surface area contributed by atoms with Crippen molar-refractivity contribution in [1.29, 1.82) is 0 Å². The SMILES string of the molecule is CC(C)CN(CC(C)C)C(=O)NCCCCCCC(=O)O. The van der Waals surface area contributed by atoms with Crippen LogP contribution in [0, 0.1) is 11.8 Å². The molecule has 0 aliphatic carbocycles. The molecule has 0 fully saturated rings. The molecule has 0 aliphatic heterocycles. The number of carboxylic acid groups (broad SMARTS) is 1. The largest absolute Gasteiger partial charge is 0.481 e. The zero-order valence-electron chi connectivity index (χ0n) is 14.0. The molecule has 0 rings (SSSR count). The molecule has 0 saturated heterocycles. The van der Waals surface area contributed by atoms with Crippen LogP contribution in [0.15, 0.2) is 0 Å². The molecule has 0 atom stereocenters. The van der Waals surface area contributed by atoms with E-state index >= 15 is 0 Å². The molecule has 0 radical (unpaired) electrons. The lowest BCUT2D eigenvalue weighted by Crippen LogP contribution is -2.43. The molecule has 0 aromatic heterocycles. The molecule has 0 spiro atoms. The van der Waals surface area contributed by atoms with Gasteiger partial charge in [0.1, 0.15) is 0 Å². The molecule has 5 heteroatoms. The maximum atomic E-state index is 12.1. The molecule has 0 aromatic carbocycles. The highest BCUT2D eigenvalue weighted by Gasteiger charge is 2.15. The van der Waals surface area contributed by atoms with Gasteiger partial charge in [-0.25, -0.2) is 4.79 Å². The first kappa shape index (κ1) is 19.7. The highest BCUT2D eigenvalue weighted by Crippen LogP contribution is 2.05. The van der Waals surface area contributed by atoms with E-state index in [4.69, 9.17) is 5.11 Å². The molecule has 0 aliphatic rings. The van der Waals surface area contributed by atoms with Crippen LogP contribution in [0.1, 0.15) is 59.8 Å². The number of hydrogen-bond donors (Lipinski definition) is 2. The Bertz CT molecular complexity index is 294. The maximum absolute atomic E-state index is 12.1. The number of nitrogens with zero attached hydrogens (tertiary/aromatic N) is 1. The monoisotopic (exact) mass is 300 g/mol. The van der Waals surface area contributed by atoms with Gasteiger partial charge in [-0.1, -0.05) is 40.5 Å². The van der Waals surface area contributed by atoms with Crippen molar-refractivity contribution >= 4 is 12.0 Å². The number of carbonyl (C=O) groups excluding carboxylic acids is 1. The van der Waals surface area contributed by atoms with Gasteiger partial charge >= 0.3 is 12.0 Å². The van der Waals surface area contributed by atoms with E-state index in [0.717, 1.165) is 38.8 Å². The topological polar surface area (TPSA) is 69.6 Å². The number of aliphatic carboxylic acids is 1. The van der Waals surface area contributed by atoms with Crippen LogP contribution in [-0.2, 0) is 4.79 Å². The average Bonchev–Trinajstić information content (AvgIpc) is 2.35. The molecule has 5 nitrogen and oxygen atoms in total. The van der Waals surface area contributed by atoms with Gasteiger partial charge in [0.2, 0.25) is 0 Å². The minimum Gasteiger partial charge on any atom is -0.481 e. The van der Waals surface area contributed by atoms with Crippen LogP contribution >= 0.6 is 0 Å². The molecule has 0 saturated carbocycles. The van der Waals surface area contributed by atoms with Gasteiger partial charge in [-0.2, -0.15) is 0 Å². The molecule has 2 N–H and O–H groups in total. The molecule has 0 aromatic rings. The summed E-state index contributed by atoms with van der Waals surface area (Å²) in [6.07, 6.45) is 3.73. The third-order valence-electron chi connectivity index (χ3n) is 3.05. The van der Waals surface area contributed by atoms with E-state index in [-0.39, 0.29) is 12.5 Å². The fraction of sp³-hybridized carbons (Fsp3) is 0.875. The maximum Gasteiger partial charge on any atom is 0.317 e. The summed E-state index contributed by atoms with van der Waals surface area (Å²) in [6, 6.07) is 0.0166. The first-order chi connectivity index (χ1) is 9.82. The lowest BCUT2D eigenvalue weighted by atomic mass is 10.1. The first-order valence-corrected chi connectivity index (χ1v) is 8.07. The summed E-state index contributed by atoms with van der Waals surface area (Å²) in [5, 5.41) is 11.5. The Morgan fingerprint density at radius 3 is 1.95 bits per heavy atom. The van der Waals surface area contributed by atoms with Crippen molar-refractivity contribution in [3.63, 3.8) is 0 Å². The predicted molar refractivity (Wildman–Crippen MR) is 85.4 cm³/mol. The summed E-state index contributed by atoms with van der Waals surface area (Å²) in [5.41, 5.74) is 0. The second kappa shape index (κ2) is 11.4. The Labute approximate surface area is 129 Å². The Morgan fingerprint density at radius 1 is 0.952 bits per heavy atom. The van der Waals surface area contributed by atoms with Gasteiger partial charge in [0.05, 0.1) is 0 Å². The predicted octanol–water partition coefficient (Wildman–Crippen LogP) is 3.35. The molecule has 2 amide bonds. The zero-order chi connectivity index (χ0) is 16.3. The van der Waals surface area contributed by atoms with Crippen LogP contribution in [0.25, 0.3) is 0 Å². The van der Waals surface area contributed by atoms with E-state index in [1.807, 2.05) is 4.90 Å². The van der Waals surface area contributed by atoms with E-state index < -0.39 is 5.97 Å². The number of carbonyl (C=O) groups is 2. The van der Waals surface area contributed by atoms with Crippen LogP contribution in [0.4, 0.5) is 4.79 Å². The first-order valence-electron chi connectivity index (χ1n) is 8.07. The highest BCUT2D eigenvalue weighted by atomic mass is 16.4. The smallest absolute Gasteiger partial charge is 0.317 e. The fourth-order valence-electron chi connectivity index (χ4n) is 2.18. The van der Waals surface area contributed by atoms with E-state index in [1.165, 1.54) is 0 Å². The van der Waals surface area contributed by atoms with Gasteiger partial charge in [0, 0.05) is 26.1 Å². The third kappa shape index (κ3) is 12.2. The number of carboxylic acids is 1. The summed E-state index contributed by atoms with van der Waals surface area (Å²) in [4.78, 5) is 24.4. The number of urea groups is 1. The minimum absolute atomic E-state index is 0.0166. The van der Waals surface area contributed by atoms with Crippen molar-refractivity contribution < 1.29 is 14.7 Å². The fourth-order valence-corrected chi connectivity index (χ4v) is 2.18. The zero-order valence-corrected chi connectivity index (χ0v) is 14.0. The summed E-state index contributed by atoms with van der Waals surface area (Å²) < 4.78 is 0. The second-order valence-electron chi connectivity index (χ2n) is 6.48. The minimum atomic E-state index is -0.735. The molecule has 124 valence electrons. The van der Waals surface area contributed by atoms with Crippen LogP contribution in [0.2, 0.25) is 0 Å². The van der Waals surface area contributed by atoms with E-state index in [1.54, 1.807) is 0 Å². The van der Waals surface area contributed by atoms with Gasteiger partial charge in [0.15, 0.2) is 0 Å². The number of unbranched alkanes of at least 4 members (excludes halogenated alkanes) is 3. The lowest BCUT2D eigenvalue weighted by Gasteiger charge is -2.26. The van der Waals surface area contributed by atoms with Crippen molar-refractivity contribution in [1.82, 2.24) is 10.2 Å². The Kier molecular flexibility index (Phi) is 10.7. The summed E-state index contributed by atoms with van der Waals surface area (Å²) >= 11 is 0. The van der Waals surface area contributed by atoms with Crippen LogP contribution < -0.4 is 5.32 Å². The van der Waals surface area contributed by atoms with Crippen LogP contribution in [-0.4, -0.2) is 41.6 Å². The Morgan fingerprint density at radius 2 is 1.48 bits per heavy atom. The summed E-state index contributed by atoms with van der Waals surface area (Å²) in [5.74, 6) is 0.192. The molecule has 0 heterocycles. The van der Waals surface area contributed by atoms with E-state index in [9.17, 15) is 9.59 Å². The molecule has 0 bridgehead atoms. The Balaban J connectivity index is 3.84. The standard InChI is InChI=1S/C16H32N2O3/c1-13(2)11-18(12-14(3)4)16(21)17-10-8-6-5-7-9-15(19)20/h13-14H,5-12H2,1-4H3,(H,17,21)(H,19,20). The van der Waals surface area contributed by atoms with Crippen molar-refractivity contribution in [2.75, 3.05) is 19.6 Å². The molecular weight excluding hydrogens is 268 g/mol. The summed E-state index contributed by atoms with van der Waals surface area (Å²) in [6.45, 7) is 10.7. The molecule has 21 heavy (non-hydrogen) atoms. The average molecular weight is 300 g/mol. The van der Waals surface area contributed by atoms with E-state index in [2.05, 4.69) is 33.0 Å². The normalized spacial score (nSPS) is 11.0. The highest BCUT2D eigenvalue weighted by molar-refractivity contribution is 5.74. The number of hydrogen-bond acceptors (Lipinski definition) is 2. The van der Waals surface area contributed by atoms with Gasteiger partial charge in [-0.15, -0.1) is 0 Å². The van der Waals surface area contributed by atoms with E-state index in [0.29, 0.717) is 18.4 Å². The lowest BCUT2D eigenvalue weighted by molar-refractivity contribution is -0.137. The van der Waals surface area contributed by atoms with Gasteiger partial charge in [0.25, 0.3) is 0 Å². The number of amides is 2. The Hall–Kier alpha value is -1.26. The van der Waals surface area contributed by atoms with Crippen molar-refractivity contribution in [2.24, 2.45) is 11.8 Å². The van der Waals surface area contributed by atoms with Gasteiger partial charge in [-0.3, -0.25) is 4.79 Å². The summed E-state index contributed by atoms with van der Waals surface area (Å²) in [7, 11) is 0. The molecule has 0 unspecified atom stereocenters. The van der Waals surface area contributed by atoms with Crippen LogP contribution in [0.5, 0.6) is 0 Å². The van der Waals surface area contributed by atoms with Crippen LogP contribution in [0.3, 0.4) is 0 Å². The van der Waals surface area contributed by atoms with Crippen molar-refractivity contribution in [3.05, 3.63) is 0 Å². The second-order valence-corrected chi connectivity index (χ2v) is 6.48. The van der Waals surface area contributed by atoms with Gasteiger partial charge in [-0.05, 0) is 24.7 Å². The quantitative estimate of drug-likeness (QED) is 0.575.